The zero-order chi connectivity index (χ0) is 15.7. The number of amides is 1. The maximum atomic E-state index is 12.4. The number of piperidine rings is 1. The monoisotopic (exact) mass is 302 g/mol. The van der Waals surface area contributed by atoms with E-state index in [4.69, 9.17) is 4.74 Å². The fourth-order valence-electron chi connectivity index (χ4n) is 3.52. The third-order valence-electron chi connectivity index (χ3n) is 4.75. The highest BCUT2D eigenvalue weighted by Crippen LogP contribution is 2.32. The lowest BCUT2D eigenvalue weighted by Gasteiger charge is -2.48. The van der Waals surface area contributed by atoms with Crippen LogP contribution in [-0.4, -0.2) is 60.9 Å². The van der Waals surface area contributed by atoms with Gasteiger partial charge in [-0.3, -0.25) is 9.59 Å². The number of fused-ring (bicyclic) bond motifs is 1. The van der Waals surface area contributed by atoms with Crippen LogP contribution in [0.2, 0.25) is 0 Å². The molecule has 1 aromatic rings. The number of likely N-dealkylation sites (N-methyl/N-ethyl adjacent to an activating group) is 1. The Morgan fingerprint density at radius 2 is 1.91 bits per heavy atom. The van der Waals surface area contributed by atoms with Crippen molar-refractivity contribution in [2.24, 2.45) is 5.92 Å². The van der Waals surface area contributed by atoms with Gasteiger partial charge in [-0.15, -0.1) is 0 Å². The minimum Gasteiger partial charge on any atom is -0.378 e. The largest absolute Gasteiger partial charge is 0.378 e. The Morgan fingerprint density at radius 1 is 1.18 bits per heavy atom. The Morgan fingerprint density at radius 3 is 2.59 bits per heavy atom. The van der Waals surface area contributed by atoms with Crippen LogP contribution in [0.1, 0.15) is 12.0 Å². The number of Topliss-reactive ketones (excluding diaryl/α,β-unsaturated/α-hetero) is 1. The molecular formula is C17H22N2O3. The Balaban J connectivity index is 1.86. The molecule has 1 aromatic carbocycles. The quantitative estimate of drug-likeness (QED) is 0.780. The first kappa shape index (κ1) is 15.2. The van der Waals surface area contributed by atoms with E-state index in [0.717, 1.165) is 5.56 Å². The molecule has 0 spiro atoms. The van der Waals surface area contributed by atoms with Crippen LogP contribution in [0.5, 0.6) is 0 Å². The zero-order valence-corrected chi connectivity index (χ0v) is 13.1. The first-order valence-electron chi connectivity index (χ1n) is 7.70. The predicted octanol–water partition coefficient (Wildman–Crippen LogP) is 0.933. The van der Waals surface area contributed by atoms with Gasteiger partial charge in [0.1, 0.15) is 0 Å². The van der Waals surface area contributed by atoms with E-state index >= 15 is 0 Å². The molecule has 118 valence electrons. The van der Waals surface area contributed by atoms with Crippen molar-refractivity contribution < 1.29 is 14.3 Å². The molecule has 2 heterocycles. The van der Waals surface area contributed by atoms with Crippen LogP contribution in [0.15, 0.2) is 30.3 Å². The van der Waals surface area contributed by atoms with E-state index in [2.05, 4.69) is 4.90 Å². The smallest absolute Gasteiger partial charge is 0.290 e. The summed E-state index contributed by atoms with van der Waals surface area (Å²) in [4.78, 5) is 28.3. The molecule has 0 radical (unpaired) electrons. The van der Waals surface area contributed by atoms with E-state index in [9.17, 15) is 9.59 Å². The van der Waals surface area contributed by atoms with E-state index in [1.54, 1.807) is 4.90 Å². The number of ether oxygens (including phenoxy) is 1. The molecule has 0 aromatic heterocycles. The van der Waals surface area contributed by atoms with Gasteiger partial charge in [-0.1, -0.05) is 30.3 Å². The lowest BCUT2D eigenvalue weighted by molar-refractivity contribution is -0.161. The van der Waals surface area contributed by atoms with E-state index < -0.39 is 0 Å². The summed E-state index contributed by atoms with van der Waals surface area (Å²) in [6, 6.07) is 9.96. The Labute approximate surface area is 130 Å². The fourth-order valence-corrected chi connectivity index (χ4v) is 3.52. The number of rotatable bonds is 3. The van der Waals surface area contributed by atoms with E-state index in [1.807, 2.05) is 44.4 Å². The van der Waals surface area contributed by atoms with Gasteiger partial charge in [-0.05, 0) is 19.7 Å². The summed E-state index contributed by atoms with van der Waals surface area (Å²) in [5.74, 6) is -0.489. The molecule has 5 heteroatoms. The van der Waals surface area contributed by atoms with E-state index in [1.165, 1.54) is 0 Å². The molecule has 2 fully saturated rings. The number of likely N-dealkylation sites (tertiary alicyclic amines) is 1. The molecule has 2 saturated heterocycles. The summed E-state index contributed by atoms with van der Waals surface area (Å²) < 4.78 is 5.72. The summed E-state index contributed by atoms with van der Waals surface area (Å²) in [6.45, 7) is 1.60. The van der Waals surface area contributed by atoms with Gasteiger partial charge in [0.25, 0.3) is 5.91 Å². The topological polar surface area (TPSA) is 49.9 Å². The first-order valence-corrected chi connectivity index (χ1v) is 7.70. The summed E-state index contributed by atoms with van der Waals surface area (Å²) >= 11 is 0. The molecule has 0 aliphatic carbocycles. The summed E-state index contributed by atoms with van der Waals surface area (Å²) in [5, 5.41) is 0. The number of benzene rings is 1. The predicted molar refractivity (Wildman–Crippen MR) is 82.2 cm³/mol. The zero-order valence-electron chi connectivity index (χ0n) is 13.1. The maximum Gasteiger partial charge on any atom is 0.290 e. The average molecular weight is 302 g/mol. The molecule has 0 saturated carbocycles. The molecule has 3 atom stereocenters. The number of carbonyl (C=O) groups excluding carboxylic acids is 2. The van der Waals surface area contributed by atoms with Gasteiger partial charge in [0.15, 0.2) is 0 Å². The highest BCUT2D eigenvalue weighted by atomic mass is 16.5. The summed E-state index contributed by atoms with van der Waals surface area (Å²) in [7, 11) is 4.00. The Kier molecular flexibility index (Phi) is 4.27. The molecule has 0 N–H and O–H groups in total. The van der Waals surface area contributed by atoms with Crippen LogP contribution in [0.4, 0.5) is 0 Å². The SMILES string of the molecule is CN(C)[C@H]1COC[C@@H]2[C@@H]1CC(=O)C(=O)N2Cc1ccccc1. The standard InChI is InChI=1S/C17H22N2O3/c1-18(2)14-10-22-11-15-13(14)8-16(20)17(21)19(15)9-12-6-4-3-5-7-12/h3-7,13-15H,8-11H2,1-2H3/t13-,14+,15-/m1/s1. The second-order valence-corrected chi connectivity index (χ2v) is 6.35. The normalized spacial score (nSPS) is 28.9. The lowest BCUT2D eigenvalue weighted by atomic mass is 9.80. The van der Waals surface area contributed by atoms with Gasteiger partial charge >= 0.3 is 0 Å². The molecule has 1 amide bonds. The van der Waals surface area contributed by atoms with Crippen molar-refractivity contribution >= 4 is 11.7 Å². The van der Waals surface area contributed by atoms with Crippen molar-refractivity contribution in [3.8, 4) is 0 Å². The van der Waals surface area contributed by atoms with Crippen molar-refractivity contribution in [1.82, 2.24) is 9.80 Å². The molecular weight excluding hydrogens is 280 g/mol. The van der Waals surface area contributed by atoms with Crippen molar-refractivity contribution in [1.29, 1.82) is 0 Å². The third-order valence-corrected chi connectivity index (χ3v) is 4.75. The van der Waals surface area contributed by atoms with Crippen LogP contribution >= 0.6 is 0 Å². The van der Waals surface area contributed by atoms with Gasteiger partial charge < -0.3 is 14.5 Å². The van der Waals surface area contributed by atoms with Crippen molar-refractivity contribution in [2.45, 2.75) is 25.0 Å². The Bertz CT molecular complexity index is 558. The van der Waals surface area contributed by atoms with Gasteiger partial charge in [0, 0.05) is 24.9 Å². The second kappa shape index (κ2) is 6.18. The Hall–Kier alpha value is -1.72. The number of nitrogens with zero attached hydrogens (tertiary/aromatic N) is 2. The van der Waals surface area contributed by atoms with Crippen LogP contribution < -0.4 is 0 Å². The van der Waals surface area contributed by atoms with Gasteiger partial charge in [0.2, 0.25) is 5.78 Å². The van der Waals surface area contributed by atoms with Gasteiger partial charge in [-0.25, -0.2) is 0 Å². The number of hydrogen-bond acceptors (Lipinski definition) is 4. The highest BCUT2D eigenvalue weighted by Gasteiger charge is 2.46. The summed E-state index contributed by atoms with van der Waals surface area (Å²) in [6.07, 6.45) is 0.334. The highest BCUT2D eigenvalue weighted by molar-refractivity contribution is 6.36. The number of ketones is 1. The number of hydrogen-bond donors (Lipinski definition) is 0. The molecule has 22 heavy (non-hydrogen) atoms. The minimum atomic E-state index is -0.367. The van der Waals surface area contributed by atoms with Crippen molar-refractivity contribution in [2.75, 3.05) is 27.3 Å². The lowest BCUT2D eigenvalue weighted by Crippen LogP contribution is -2.62. The molecule has 2 aliphatic rings. The van der Waals surface area contributed by atoms with Crippen LogP contribution in [-0.2, 0) is 20.9 Å². The fraction of sp³-hybridized carbons (Fsp3) is 0.529. The van der Waals surface area contributed by atoms with Gasteiger partial charge in [-0.2, -0.15) is 0 Å². The maximum absolute atomic E-state index is 12.4. The van der Waals surface area contributed by atoms with E-state index in [-0.39, 0.29) is 29.7 Å². The summed E-state index contributed by atoms with van der Waals surface area (Å²) in [5.41, 5.74) is 1.04. The number of carbonyl (C=O) groups is 2. The van der Waals surface area contributed by atoms with Crippen LogP contribution in [0, 0.1) is 5.92 Å². The molecule has 0 unspecified atom stereocenters. The second-order valence-electron chi connectivity index (χ2n) is 6.35. The molecule has 2 aliphatic heterocycles. The third kappa shape index (κ3) is 2.78. The molecule has 0 bridgehead atoms. The minimum absolute atomic E-state index is 0.0217. The van der Waals surface area contributed by atoms with E-state index in [0.29, 0.717) is 26.2 Å². The van der Waals surface area contributed by atoms with Crippen LogP contribution in [0.3, 0.4) is 0 Å². The average Bonchev–Trinajstić information content (AvgIpc) is 2.52. The van der Waals surface area contributed by atoms with Crippen molar-refractivity contribution in [3.63, 3.8) is 0 Å². The first-order chi connectivity index (χ1) is 10.6. The molecule has 3 rings (SSSR count). The van der Waals surface area contributed by atoms with Crippen LogP contribution in [0.25, 0.3) is 0 Å². The van der Waals surface area contributed by atoms with Crippen molar-refractivity contribution in [3.05, 3.63) is 35.9 Å². The molecule has 5 nitrogen and oxygen atoms in total. The van der Waals surface area contributed by atoms with Gasteiger partial charge in [0.05, 0.1) is 19.3 Å².